The molecule has 0 bridgehead atoms. The number of anilines is 4. The van der Waals surface area contributed by atoms with E-state index in [1.54, 1.807) is 0 Å². The van der Waals surface area contributed by atoms with Crippen molar-refractivity contribution in [3.63, 3.8) is 0 Å². The smallest absolute Gasteiger partial charge is 0.369 e. The third-order valence-electron chi connectivity index (χ3n) is 18.2. The van der Waals surface area contributed by atoms with Crippen molar-refractivity contribution in [3.05, 3.63) is 118 Å². The fourth-order valence-corrected chi connectivity index (χ4v) is 12.0. The fourth-order valence-electron chi connectivity index (χ4n) is 12.0. The summed E-state index contributed by atoms with van der Waals surface area (Å²) in [6.07, 6.45) is -5.12. The van der Waals surface area contributed by atoms with Crippen molar-refractivity contribution < 1.29 is 17.9 Å². The number of ether oxygens (including phenoxy) is 1. The fraction of sp³-hybridized carbons (Fsp3) is 0.556. The molecule has 0 aromatic heterocycles. The van der Waals surface area contributed by atoms with Gasteiger partial charge in [0.15, 0.2) is 0 Å². The van der Waals surface area contributed by atoms with E-state index in [9.17, 15) is 13.2 Å². The van der Waals surface area contributed by atoms with E-state index in [0.717, 1.165) is 16.8 Å². The highest BCUT2D eigenvalue weighted by molar-refractivity contribution is 5.70. The van der Waals surface area contributed by atoms with Gasteiger partial charge in [0.2, 0.25) is 0 Å². The standard InChI is InChI=1S/C54H71F3N4O/c1-31-46(38-19-17-18-20-42(38)58(13)50(31,5)6)35-21-24-43-39(27-35)47(32(2)51(7,8)59(43)14)36-22-25-44-40(28-36)48(33(3)52(9,10)60(44)15)37-23-26-45-41(29-37)49(62-30-54(55,56)57)34(4)53(11,12)61(45)16/h17-29,31-34,46-49H,30H2,1-16H3. The minimum atomic E-state index is -4.42. The summed E-state index contributed by atoms with van der Waals surface area (Å²) in [7, 11) is 8.76. The van der Waals surface area contributed by atoms with E-state index < -0.39 is 24.4 Å². The number of hydrogen-bond acceptors (Lipinski definition) is 5. The van der Waals surface area contributed by atoms with Gasteiger partial charge >= 0.3 is 6.18 Å². The molecule has 8 heteroatoms. The number of hydrogen-bond donors (Lipinski definition) is 0. The van der Waals surface area contributed by atoms with Gasteiger partial charge in [-0.3, -0.25) is 0 Å². The van der Waals surface area contributed by atoms with Crippen molar-refractivity contribution in [2.24, 2.45) is 23.7 Å². The van der Waals surface area contributed by atoms with Crippen molar-refractivity contribution >= 4 is 22.7 Å². The molecule has 0 N–H and O–H groups in total. The molecule has 4 aromatic carbocycles. The lowest BCUT2D eigenvalue weighted by Gasteiger charge is -2.53. The minimum Gasteiger partial charge on any atom is -0.369 e. The molecule has 8 rings (SSSR count). The lowest BCUT2D eigenvalue weighted by molar-refractivity contribution is -0.194. The maximum atomic E-state index is 13.8. The molecule has 62 heavy (non-hydrogen) atoms. The maximum Gasteiger partial charge on any atom is 0.411 e. The van der Waals surface area contributed by atoms with Gasteiger partial charge in [-0.2, -0.15) is 13.2 Å². The van der Waals surface area contributed by atoms with Crippen LogP contribution in [0, 0.1) is 23.7 Å². The molecule has 8 atom stereocenters. The molecule has 334 valence electrons. The molecule has 0 saturated heterocycles. The summed E-state index contributed by atoms with van der Waals surface area (Å²) in [4.78, 5) is 9.61. The van der Waals surface area contributed by atoms with Crippen LogP contribution in [0.3, 0.4) is 0 Å². The van der Waals surface area contributed by atoms with Crippen molar-refractivity contribution in [1.29, 1.82) is 0 Å². The van der Waals surface area contributed by atoms with Crippen LogP contribution >= 0.6 is 0 Å². The molecule has 4 aliphatic rings. The molecule has 0 amide bonds. The molecular formula is C54H71F3N4O. The Morgan fingerprint density at radius 2 is 0.774 bits per heavy atom. The van der Waals surface area contributed by atoms with Gasteiger partial charge in [-0.05, 0) is 131 Å². The van der Waals surface area contributed by atoms with Crippen LogP contribution in [-0.4, -0.2) is 63.1 Å². The average Bonchev–Trinajstić information content (AvgIpc) is 3.21. The Hall–Kier alpha value is -4.17. The second-order valence-electron chi connectivity index (χ2n) is 21.8. The van der Waals surface area contributed by atoms with E-state index >= 15 is 0 Å². The molecule has 8 unspecified atom stereocenters. The number of rotatable bonds is 5. The molecule has 4 aromatic rings. The van der Waals surface area contributed by atoms with Crippen LogP contribution in [0.2, 0.25) is 0 Å². The number of fused-ring (bicyclic) bond motifs is 4. The minimum absolute atomic E-state index is 0.000499. The van der Waals surface area contributed by atoms with E-state index in [2.05, 4.69) is 203 Å². The Balaban J connectivity index is 1.29. The Morgan fingerprint density at radius 1 is 0.452 bits per heavy atom. The number of alkyl halides is 3. The van der Waals surface area contributed by atoms with E-state index in [1.165, 1.54) is 44.9 Å². The van der Waals surface area contributed by atoms with Gasteiger partial charge in [-0.1, -0.05) is 82.3 Å². The monoisotopic (exact) mass is 849 g/mol. The van der Waals surface area contributed by atoms with Crippen LogP contribution in [0.4, 0.5) is 35.9 Å². The third kappa shape index (κ3) is 6.57. The maximum absolute atomic E-state index is 13.8. The quantitative estimate of drug-likeness (QED) is 0.199. The van der Waals surface area contributed by atoms with Crippen molar-refractivity contribution in [3.8, 4) is 0 Å². The summed E-state index contributed by atoms with van der Waals surface area (Å²) in [6.45, 7) is 26.3. The lowest BCUT2D eigenvalue weighted by atomic mass is 9.64. The highest BCUT2D eigenvalue weighted by Gasteiger charge is 2.50. The molecule has 0 spiro atoms. The van der Waals surface area contributed by atoms with Gasteiger partial charge < -0.3 is 24.3 Å². The van der Waals surface area contributed by atoms with Crippen LogP contribution in [0.1, 0.15) is 146 Å². The second-order valence-corrected chi connectivity index (χ2v) is 21.8. The summed E-state index contributed by atoms with van der Waals surface area (Å²) in [6, 6.07) is 30.0. The zero-order valence-electron chi connectivity index (χ0n) is 40.2. The topological polar surface area (TPSA) is 22.2 Å². The Bertz CT molecular complexity index is 2360. The van der Waals surface area contributed by atoms with E-state index in [0.29, 0.717) is 5.92 Å². The highest BCUT2D eigenvalue weighted by Crippen LogP contribution is 2.57. The van der Waals surface area contributed by atoms with E-state index in [-0.39, 0.29) is 52.1 Å². The number of benzene rings is 4. The predicted octanol–water partition coefficient (Wildman–Crippen LogP) is 13.2. The zero-order valence-corrected chi connectivity index (χ0v) is 40.2. The first-order valence-corrected chi connectivity index (χ1v) is 22.9. The van der Waals surface area contributed by atoms with Crippen LogP contribution in [-0.2, 0) is 4.74 Å². The SMILES string of the molecule is CC1C(OCC(F)(F)F)c2cc(C3c4cc(C5c6cc(C7c8ccccc8N(C)C(C)(C)C7C)ccc6N(C)C(C)(C)C5C)ccc4N(C)C(C)(C)C3C)ccc2N(C)C1(C)C. The Labute approximate surface area is 370 Å². The first-order valence-electron chi connectivity index (χ1n) is 22.9. The van der Waals surface area contributed by atoms with Crippen LogP contribution < -0.4 is 19.6 Å². The molecule has 0 saturated carbocycles. The second kappa shape index (κ2) is 14.7. The molecule has 4 aliphatic heterocycles. The van der Waals surface area contributed by atoms with Crippen LogP contribution in [0.15, 0.2) is 78.9 Å². The summed E-state index contributed by atoms with van der Waals surface area (Å²) >= 11 is 0. The molecule has 0 fully saturated rings. The van der Waals surface area contributed by atoms with Gasteiger partial charge in [0.1, 0.15) is 6.61 Å². The van der Waals surface area contributed by atoms with Crippen molar-refractivity contribution in [1.82, 2.24) is 0 Å². The zero-order chi connectivity index (χ0) is 45.4. The number of nitrogens with zero attached hydrogens (tertiary/aromatic N) is 4. The molecule has 5 nitrogen and oxygen atoms in total. The normalized spacial score (nSPS) is 29.4. The summed E-state index contributed by atoms with van der Waals surface area (Å²) in [5, 5.41) is 0. The van der Waals surface area contributed by atoms with Gasteiger partial charge in [-0.25, -0.2) is 0 Å². The first-order chi connectivity index (χ1) is 28.7. The van der Waals surface area contributed by atoms with Gasteiger partial charge in [0.05, 0.1) is 6.10 Å². The molecule has 4 heterocycles. The third-order valence-corrected chi connectivity index (χ3v) is 18.2. The number of para-hydroxylation sites is 1. The van der Waals surface area contributed by atoms with Gasteiger partial charge in [0.25, 0.3) is 0 Å². The van der Waals surface area contributed by atoms with Crippen molar-refractivity contribution in [2.45, 2.75) is 135 Å². The van der Waals surface area contributed by atoms with Crippen LogP contribution in [0.5, 0.6) is 0 Å². The van der Waals surface area contributed by atoms with E-state index in [4.69, 9.17) is 4.74 Å². The Morgan fingerprint density at radius 3 is 1.18 bits per heavy atom. The van der Waals surface area contributed by atoms with E-state index in [1.807, 2.05) is 6.92 Å². The van der Waals surface area contributed by atoms with Gasteiger partial charge in [0, 0.05) is 102 Å². The molecule has 0 radical (unpaired) electrons. The average molecular weight is 849 g/mol. The molecule has 0 aliphatic carbocycles. The van der Waals surface area contributed by atoms with Crippen LogP contribution in [0.25, 0.3) is 0 Å². The van der Waals surface area contributed by atoms with Gasteiger partial charge in [-0.15, -0.1) is 0 Å². The lowest BCUT2D eigenvalue weighted by Crippen LogP contribution is -2.53. The molecular weight excluding hydrogens is 778 g/mol. The summed E-state index contributed by atoms with van der Waals surface area (Å²) in [5.74, 6) is 1.00. The van der Waals surface area contributed by atoms with Crippen molar-refractivity contribution in [2.75, 3.05) is 54.4 Å². The largest absolute Gasteiger partial charge is 0.411 e. The highest BCUT2D eigenvalue weighted by atomic mass is 19.4. The predicted molar refractivity (Wildman–Crippen MR) is 253 cm³/mol. The summed E-state index contributed by atoms with van der Waals surface area (Å²) < 4.78 is 47.2. The number of halogens is 3. The first kappa shape index (κ1) is 44.4. The Kier molecular flexibility index (Phi) is 10.5. The summed E-state index contributed by atoms with van der Waals surface area (Å²) in [5.41, 5.74) is 12.6.